The van der Waals surface area contributed by atoms with E-state index in [1.165, 1.54) is 24.8 Å². The summed E-state index contributed by atoms with van der Waals surface area (Å²) in [6, 6.07) is 14.6. The van der Waals surface area contributed by atoms with Gasteiger partial charge in [0.05, 0.1) is 11.1 Å². The summed E-state index contributed by atoms with van der Waals surface area (Å²) in [5, 5.41) is 0.704. The van der Waals surface area contributed by atoms with Gasteiger partial charge in [0.15, 0.2) is 0 Å². The molecule has 21 heavy (non-hydrogen) atoms. The zero-order valence-corrected chi connectivity index (χ0v) is 14.0. The number of benzene rings is 2. The molecule has 3 N–H and O–H groups in total. The van der Waals surface area contributed by atoms with E-state index in [0.29, 0.717) is 5.02 Å². The third-order valence-corrected chi connectivity index (χ3v) is 5.50. The van der Waals surface area contributed by atoms with E-state index in [2.05, 4.69) is 45.6 Å². The van der Waals surface area contributed by atoms with E-state index in [1.54, 1.807) is 0 Å². The summed E-state index contributed by atoms with van der Waals surface area (Å²) in [5.41, 5.74) is 6.59. The highest BCUT2D eigenvalue weighted by Gasteiger charge is 2.20. The van der Waals surface area contributed by atoms with E-state index in [0.717, 1.165) is 21.5 Å². The van der Waals surface area contributed by atoms with Crippen molar-refractivity contribution in [2.75, 3.05) is 0 Å². The second kappa shape index (κ2) is 6.49. The first-order chi connectivity index (χ1) is 10.2. The average molecular weight is 366 g/mol. The normalized spacial score (nSPS) is 16.5. The summed E-state index contributed by atoms with van der Waals surface area (Å²) in [5.74, 6) is 6.52. The van der Waals surface area contributed by atoms with Gasteiger partial charge >= 0.3 is 0 Å². The standard InChI is InChI=1S/C17H18BrClN2/c18-15-10-14(8-9-16(15)19)17(21-20)13-6-4-12(5-7-13)11-2-1-3-11/h4-11,17,21H,1-3,20H2. The summed E-state index contributed by atoms with van der Waals surface area (Å²) in [4.78, 5) is 0. The van der Waals surface area contributed by atoms with Gasteiger partial charge in [-0.15, -0.1) is 0 Å². The van der Waals surface area contributed by atoms with Gasteiger partial charge < -0.3 is 0 Å². The fraction of sp³-hybridized carbons (Fsp3) is 0.294. The summed E-state index contributed by atoms with van der Waals surface area (Å²) in [6.07, 6.45) is 4.00. The number of nitrogens with one attached hydrogen (secondary N) is 1. The van der Waals surface area contributed by atoms with E-state index in [4.69, 9.17) is 17.4 Å². The molecule has 0 saturated heterocycles. The molecule has 2 aromatic rings. The van der Waals surface area contributed by atoms with Gasteiger partial charge in [0.25, 0.3) is 0 Å². The Morgan fingerprint density at radius 1 is 1.10 bits per heavy atom. The van der Waals surface area contributed by atoms with Gasteiger partial charge in [-0.3, -0.25) is 5.84 Å². The maximum Gasteiger partial charge on any atom is 0.0710 e. The lowest BCUT2D eigenvalue weighted by molar-refractivity contribution is 0.419. The Kier molecular flexibility index (Phi) is 4.65. The van der Waals surface area contributed by atoms with Crippen LogP contribution in [0.3, 0.4) is 0 Å². The largest absolute Gasteiger partial charge is 0.271 e. The Balaban J connectivity index is 1.86. The molecular formula is C17H18BrClN2. The smallest absolute Gasteiger partial charge is 0.0710 e. The molecule has 2 nitrogen and oxygen atoms in total. The molecule has 0 radical (unpaired) electrons. The van der Waals surface area contributed by atoms with Crippen molar-refractivity contribution >= 4 is 27.5 Å². The maximum atomic E-state index is 6.05. The van der Waals surface area contributed by atoms with E-state index in [-0.39, 0.29) is 6.04 Å². The van der Waals surface area contributed by atoms with E-state index < -0.39 is 0 Å². The minimum Gasteiger partial charge on any atom is -0.271 e. The molecule has 1 fully saturated rings. The first kappa shape index (κ1) is 15.0. The molecule has 1 unspecified atom stereocenters. The molecule has 4 heteroatoms. The van der Waals surface area contributed by atoms with E-state index in [1.807, 2.05) is 18.2 Å². The molecule has 0 aromatic heterocycles. The van der Waals surface area contributed by atoms with Crippen LogP contribution in [-0.4, -0.2) is 0 Å². The molecule has 110 valence electrons. The van der Waals surface area contributed by atoms with Crippen LogP contribution in [0, 0.1) is 0 Å². The fourth-order valence-electron chi connectivity index (χ4n) is 2.78. The third-order valence-electron chi connectivity index (χ3n) is 4.29. The highest BCUT2D eigenvalue weighted by Crippen LogP contribution is 2.37. The van der Waals surface area contributed by atoms with Crippen molar-refractivity contribution in [1.29, 1.82) is 0 Å². The minimum absolute atomic E-state index is 0.0333. The minimum atomic E-state index is -0.0333. The first-order valence-electron chi connectivity index (χ1n) is 7.20. The number of rotatable bonds is 4. The lowest BCUT2D eigenvalue weighted by atomic mass is 9.79. The van der Waals surface area contributed by atoms with E-state index in [9.17, 15) is 0 Å². The molecule has 1 aliphatic carbocycles. The van der Waals surface area contributed by atoms with Crippen LogP contribution in [0.15, 0.2) is 46.9 Å². The van der Waals surface area contributed by atoms with Crippen LogP contribution in [-0.2, 0) is 0 Å². The van der Waals surface area contributed by atoms with Crippen LogP contribution in [0.4, 0.5) is 0 Å². The zero-order chi connectivity index (χ0) is 14.8. The molecule has 1 aliphatic rings. The highest BCUT2D eigenvalue weighted by atomic mass is 79.9. The van der Waals surface area contributed by atoms with Crippen LogP contribution >= 0.6 is 27.5 Å². The average Bonchev–Trinajstić information content (AvgIpc) is 2.43. The van der Waals surface area contributed by atoms with Crippen molar-refractivity contribution in [3.05, 3.63) is 68.7 Å². The topological polar surface area (TPSA) is 38.0 Å². The van der Waals surface area contributed by atoms with Crippen LogP contribution in [0.5, 0.6) is 0 Å². The number of nitrogens with two attached hydrogens (primary N) is 1. The van der Waals surface area contributed by atoms with Crippen molar-refractivity contribution in [2.24, 2.45) is 5.84 Å². The second-order valence-corrected chi connectivity index (χ2v) is 6.83. The predicted octanol–water partition coefficient (Wildman–Crippen LogP) is 4.92. The molecular weight excluding hydrogens is 348 g/mol. The zero-order valence-electron chi connectivity index (χ0n) is 11.7. The Hall–Kier alpha value is -0.870. The molecule has 3 rings (SSSR count). The van der Waals surface area contributed by atoms with Gasteiger partial charge in [0.1, 0.15) is 0 Å². The lowest BCUT2D eigenvalue weighted by Gasteiger charge is -2.26. The van der Waals surface area contributed by atoms with Crippen LogP contribution in [0.1, 0.15) is 47.9 Å². The summed E-state index contributed by atoms with van der Waals surface area (Å²) >= 11 is 9.52. The molecule has 1 atom stereocenters. The van der Waals surface area contributed by atoms with Gasteiger partial charge in [-0.25, -0.2) is 5.43 Å². The van der Waals surface area contributed by atoms with Gasteiger partial charge in [-0.2, -0.15) is 0 Å². The molecule has 0 amide bonds. The van der Waals surface area contributed by atoms with Gasteiger partial charge in [0.2, 0.25) is 0 Å². The van der Waals surface area contributed by atoms with Crippen LogP contribution in [0.25, 0.3) is 0 Å². The monoisotopic (exact) mass is 364 g/mol. The fourth-order valence-corrected chi connectivity index (χ4v) is 3.29. The van der Waals surface area contributed by atoms with Gasteiger partial charge in [0, 0.05) is 4.47 Å². The van der Waals surface area contributed by atoms with Gasteiger partial charge in [-0.05, 0) is 63.5 Å². The molecule has 1 saturated carbocycles. The molecule has 0 bridgehead atoms. The summed E-state index contributed by atoms with van der Waals surface area (Å²) in [6.45, 7) is 0. The SMILES string of the molecule is NNC(c1ccc(C2CCC2)cc1)c1ccc(Cl)c(Br)c1. The molecule has 0 spiro atoms. The van der Waals surface area contributed by atoms with Crippen LogP contribution in [0.2, 0.25) is 5.02 Å². The lowest BCUT2D eigenvalue weighted by Crippen LogP contribution is -2.28. The second-order valence-electron chi connectivity index (χ2n) is 5.57. The van der Waals surface area contributed by atoms with Crippen molar-refractivity contribution in [3.8, 4) is 0 Å². The predicted molar refractivity (Wildman–Crippen MR) is 91.4 cm³/mol. The first-order valence-corrected chi connectivity index (χ1v) is 8.37. The number of hydrazine groups is 1. The maximum absolute atomic E-state index is 6.05. The van der Waals surface area contributed by atoms with Crippen molar-refractivity contribution < 1.29 is 0 Å². The molecule has 0 heterocycles. The molecule has 0 aliphatic heterocycles. The van der Waals surface area contributed by atoms with E-state index >= 15 is 0 Å². The number of halogens is 2. The highest BCUT2D eigenvalue weighted by molar-refractivity contribution is 9.10. The quantitative estimate of drug-likeness (QED) is 0.596. The summed E-state index contributed by atoms with van der Waals surface area (Å²) in [7, 11) is 0. The third kappa shape index (κ3) is 3.16. The number of hydrogen-bond acceptors (Lipinski definition) is 2. The van der Waals surface area contributed by atoms with Crippen LogP contribution < -0.4 is 11.3 Å². The van der Waals surface area contributed by atoms with Crippen molar-refractivity contribution in [3.63, 3.8) is 0 Å². The number of hydrogen-bond donors (Lipinski definition) is 2. The Bertz CT molecular complexity index is 623. The molecule has 2 aromatic carbocycles. The van der Waals surface area contributed by atoms with Gasteiger partial charge in [-0.1, -0.05) is 48.4 Å². The van der Waals surface area contributed by atoms with Crippen molar-refractivity contribution in [2.45, 2.75) is 31.2 Å². The van der Waals surface area contributed by atoms with Crippen molar-refractivity contribution in [1.82, 2.24) is 5.43 Å². The Labute approximate surface area is 138 Å². The summed E-state index contributed by atoms with van der Waals surface area (Å²) < 4.78 is 0.882. The Morgan fingerprint density at radius 2 is 1.76 bits per heavy atom. The Morgan fingerprint density at radius 3 is 2.29 bits per heavy atom.